The van der Waals surface area contributed by atoms with Crippen LogP contribution in [0.25, 0.3) is 0 Å². The van der Waals surface area contributed by atoms with Gasteiger partial charge in [-0.2, -0.15) is 0 Å². The second-order valence-electron chi connectivity index (χ2n) is 15.9. The van der Waals surface area contributed by atoms with Crippen LogP contribution in [0.4, 0.5) is 31.2 Å². The number of carboxylic acid groups (broad SMARTS) is 2. The summed E-state index contributed by atoms with van der Waals surface area (Å²) in [5.74, 6) is 0.261. The Morgan fingerprint density at radius 3 is 1.56 bits per heavy atom. The van der Waals surface area contributed by atoms with Crippen LogP contribution < -0.4 is 30.7 Å². The Bertz CT molecular complexity index is 2780. The Morgan fingerprint density at radius 2 is 1.12 bits per heavy atom. The van der Waals surface area contributed by atoms with E-state index in [2.05, 4.69) is 55.1 Å². The van der Waals surface area contributed by atoms with Gasteiger partial charge in [0, 0.05) is 40.3 Å². The number of pyridine rings is 2. The van der Waals surface area contributed by atoms with E-state index in [1.54, 1.807) is 24.4 Å². The third kappa shape index (κ3) is 16.9. The van der Waals surface area contributed by atoms with Crippen LogP contribution >= 0.6 is 34.4 Å². The minimum atomic E-state index is -3.71. The van der Waals surface area contributed by atoms with Gasteiger partial charge in [-0.15, -0.1) is 34.4 Å². The molecule has 0 saturated carbocycles. The number of nitrogens with zero attached hydrogens (tertiary/aromatic N) is 4. The Labute approximate surface area is 406 Å². The molecule has 0 saturated heterocycles. The number of aromatic nitrogens is 4. The van der Waals surface area contributed by atoms with E-state index in [0.717, 1.165) is 50.7 Å². The molecule has 22 heteroatoms. The molecule has 0 radical (unpaired) electrons. The number of hydrogen-bond donors (Lipinski definition) is 6. The highest BCUT2D eigenvalue weighted by Crippen LogP contribution is 2.29. The molecule has 0 bridgehead atoms. The van der Waals surface area contributed by atoms with Crippen molar-refractivity contribution in [2.24, 2.45) is 11.8 Å². The van der Waals surface area contributed by atoms with Crippen LogP contribution in [0.2, 0.25) is 0 Å². The fourth-order valence-corrected chi connectivity index (χ4v) is 9.44. The number of ether oxygens (including phenoxy) is 2. The molecule has 360 valence electrons. The van der Waals surface area contributed by atoms with Gasteiger partial charge in [0.25, 0.3) is 0 Å². The van der Waals surface area contributed by atoms with Crippen molar-refractivity contribution in [3.05, 3.63) is 117 Å². The van der Waals surface area contributed by atoms with E-state index >= 15 is 0 Å². The Morgan fingerprint density at radius 1 is 0.632 bits per heavy atom. The Hall–Kier alpha value is -6.62. The molecule has 2 aromatic carbocycles. The standard InChI is InChI=1S/C23H26N4O6S2.C23H26N4O4S2/c1-14(2)13-33-19-10-15(3)4-6-18(19)26-22(30)27-23-25-12-17(34-23)8-9-35(31,32)20-7-5-16(11-24-20)21(28)29;1-14(2)13-31-19-10-15(3)4-6-18(19)26-22(30)27-23-25-12-17(33-23)8-9-32-20-7-5-16(11-24-20)21(28)29/h4-7,10-12,14H,8-9,13H2,1-3H3,(H,28,29)(H2,25,26,27,30);4-7,10-12,14H,8-9,13H2,1-3H3,(H,28,29)(H2,25,26,27,30). The SMILES string of the molecule is Cc1ccc(NC(=O)Nc2ncc(CCS(=O)(=O)c3ccc(C(=O)O)cn3)s2)c(OCC(C)C)c1.Cc1ccc(NC(=O)Nc2ncc(CCSc3ccc(C(=O)O)cn3)s2)c(OCC(C)C)c1. The van der Waals surface area contributed by atoms with Crippen LogP contribution in [0.1, 0.15) is 69.3 Å². The first-order valence-corrected chi connectivity index (χ1v) is 25.4. The summed E-state index contributed by atoms with van der Waals surface area (Å²) in [5.41, 5.74) is 3.26. The average Bonchev–Trinajstić information content (AvgIpc) is 3.94. The molecule has 0 aliphatic rings. The number of aryl methyl sites for hydroxylation is 4. The van der Waals surface area contributed by atoms with E-state index in [9.17, 15) is 27.6 Å². The summed E-state index contributed by atoms with van der Waals surface area (Å²) in [6.45, 7) is 13.2. The number of rotatable bonds is 20. The van der Waals surface area contributed by atoms with E-state index < -0.39 is 27.8 Å². The predicted octanol–water partition coefficient (Wildman–Crippen LogP) is 9.80. The van der Waals surface area contributed by atoms with E-state index in [4.69, 9.17) is 19.7 Å². The van der Waals surface area contributed by atoms with Crippen LogP contribution in [0.5, 0.6) is 11.5 Å². The van der Waals surface area contributed by atoms with Gasteiger partial charge < -0.3 is 30.3 Å². The molecule has 0 atom stereocenters. The number of carboxylic acids is 2. The number of carbonyl (C=O) groups excluding carboxylic acids is 2. The van der Waals surface area contributed by atoms with Gasteiger partial charge in [-0.1, -0.05) is 39.8 Å². The van der Waals surface area contributed by atoms with Crippen molar-refractivity contribution in [3.8, 4) is 11.5 Å². The highest BCUT2D eigenvalue weighted by molar-refractivity contribution is 7.99. The fourth-order valence-electron chi connectivity index (χ4n) is 5.56. The van der Waals surface area contributed by atoms with Crippen LogP contribution in [-0.4, -0.2) is 87.3 Å². The molecule has 68 heavy (non-hydrogen) atoms. The first-order valence-electron chi connectivity index (χ1n) is 21.1. The number of anilines is 4. The molecule has 6 rings (SSSR count). The van der Waals surface area contributed by atoms with Crippen molar-refractivity contribution < 1.29 is 47.3 Å². The molecular weight excluding hydrogens is 953 g/mol. The number of nitrogens with one attached hydrogen (secondary N) is 4. The van der Waals surface area contributed by atoms with Crippen LogP contribution in [0, 0.1) is 25.7 Å². The first-order chi connectivity index (χ1) is 32.3. The first kappa shape index (κ1) is 52.4. The van der Waals surface area contributed by atoms with Gasteiger partial charge in [-0.3, -0.25) is 10.6 Å². The van der Waals surface area contributed by atoms with Gasteiger partial charge in [0.15, 0.2) is 25.1 Å². The lowest BCUT2D eigenvalue weighted by Crippen LogP contribution is -2.20. The third-order valence-electron chi connectivity index (χ3n) is 8.96. The van der Waals surface area contributed by atoms with Crippen molar-refractivity contribution in [2.45, 2.75) is 64.4 Å². The number of aromatic carboxylic acids is 2. The minimum Gasteiger partial charge on any atom is -0.491 e. The van der Waals surface area contributed by atoms with E-state index in [1.807, 2.05) is 58.0 Å². The molecular formula is C46H52N8O10S4. The molecule has 4 amide bonds. The Balaban J connectivity index is 0.000000255. The zero-order chi connectivity index (χ0) is 49.4. The lowest BCUT2D eigenvalue weighted by Gasteiger charge is -2.14. The van der Waals surface area contributed by atoms with Crippen LogP contribution in [0.3, 0.4) is 0 Å². The summed E-state index contributed by atoms with van der Waals surface area (Å²) < 4.78 is 36.7. The third-order valence-corrected chi connectivity index (χ3v) is 13.5. The Kier molecular flexibility index (Phi) is 19.2. The molecule has 6 N–H and O–H groups in total. The van der Waals surface area contributed by atoms with Crippen molar-refractivity contribution in [1.82, 2.24) is 19.9 Å². The molecule has 0 spiro atoms. The van der Waals surface area contributed by atoms with Crippen LogP contribution in [-0.2, 0) is 22.7 Å². The van der Waals surface area contributed by atoms with Crippen molar-refractivity contribution in [3.63, 3.8) is 0 Å². The number of sulfone groups is 1. The number of carbonyl (C=O) groups is 4. The van der Waals surface area contributed by atoms with Gasteiger partial charge in [0.2, 0.25) is 0 Å². The maximum absolute atomic E-state index is 12.5. The van der Waals surface area contributed by atoms with Gasteiger partial charge in [-0.05, 0) is 98.2 Å². The summed E-state index contributed by atoms with van der Waals surface area (Å²) in [7, 11) is -3.71. The lowest BCUT2D eigenvalue weighted by molar-refractivity contribution is 0.0685. The number of benzene rings is 2. The van der Waals surface area contributed by atoms with Crippen molar-refractivity contribution in [1.29, 1.82) is 0 Å². The smallest absolute Gasteiger partial charge is 0.337 e. The lowest BCUT2D eigenvalue weighted by atomic mass is 10.2. The average molecular weight is 1010 g/mol. The predicted molar refractivity (Wildman–Crippen MR) is 265 cm³/mol. The fraction of sp³-hybridized carbons (Fsp3) is 0.304. The number of thioether (sulfide) groups is 1. The quantitative estimate of drug-likeness (QED) is 0.0389. The van der Waals surface area contributed by atoms with Gasteiger partial charge >= 0.3 is 24.0 Å². The second-order valence-corrected chi connectivity index (χ2v) is 21.3. The van der Waals surface area contributed by atoms with Gasteiger partial charge in [0.1, 0.15) is 11.5 Å². The van der Waals surface area contributed by atoms with Crippen molar-refractivity contribution >= 4 is 89.9 Å². The molecule has 4 heterocycles. The summed E-state index contributed by atoms with van der Waals surface area (Å²) in [5, 5.41) is 30.2. The van der Waals surface area contributed by atoms with Gasteiger partial charge in [-0.25, -0.2) is 47.5 Å². The monoisotopic (exact) mass is 1000 g/mol. The van der Waals surface area contributed by atoms with E-state index in [-0.39, 0.29) is 34.4 Å². The highest BCUT2D eigenvalue weighted by atomic mass is 32.2. The zero-order valence-electron chi connectivity index (χ0n) is 38.1. The van der Waals surface area contributed by atoms with E-state index in [1.165, 1.54) is 47.6 Å². The molecule has 0 aliphatic heterocycles. The van der Waals surface area contributed by atoms with Gasteiger partial charge in [0.05, 0.1) is 46.5 Å². The zero-order valence-corrected chi connectivity index (χ0v) is 41.3. The summed E-state index contributed by atoms with van der Waals surface area (Å²) >= 11 is 4.10. The maximum Gasteiger partial charge on any atom is 0.337 e. The van der Waals surface area contributed by atoms with Crippen molar-refractivity contribution in [2.75, 3.05) is 46.0 Å². The maximum atomic E-state index is 12.5. The van der Waals surface area contributed by atoms with E-state index in [0.29, 0.717) is 63.1 Å². The summed E-state index contributed by atoms with van der Waals surface area (Å²) in [6, 6.07) is 15.9. The number of thiazole rings is 2. The molecule has 18 nitrogen and oxygen atoms in total. The second kappa shape index (κ2) is 24.9. The number of amides is 4. The molecule has 6 aromatic rings. The number of urea groups is 2. The summed E-state index contributed by atoms with van der Waals surface area (Å²) in [4.78, 5) is 64.7. The highest BCUT2D eigenvalue weighted by Gasteiger charge is 2.19. The minimum absolute atomic E-state index is 0.0929. The van der Waals surface area contributed by atoms with Crippen LogP contribution in [0.15, 0.2) is 95.5 Å². The molecule has 4 aromatic heterocycles. The molecule has 0 fully saturated rings. The molecule has 0 unspecified atom stereocenters. The summed E-state index contributed by atoms with van der Waals surface area (Å²) in [6.07, 6.45) is 6.52. The topological polar surface area (TPSA) is 261 Å². The largest absolute Gasteiger partial charge is 0.491 e. The molecule has 0 aliphatic carbocycles. The number of hydrogen-bond acceptors (Lipinski definition) is 15. The normalized spacial score (nSPS) is 11.1.